The van der Waals surface area contributed by atoms with Crippen molar-refractivity contribution in [2.45, 2.75) is 26.3 Å². The Morgan fingerprint density at radius 2 is 1.88 bits per heavy atom. The second kappa shape index (κ2) is 8.09. The van der Waals surface area contributed by atoms with Crippen LogP contribution in [-0.4, -0.2) is 24.5 Å². The molecule has 7 nitrogen and oxygen atoms in total. The Balaban J connectivity index is 1.76. The van der Waals surface area contributed by atoms with E-state index in [1.165, 1.54) is 17.2 Å². The SMILES string of the molecule is CC[C@H](Nc1ncnc2[nH]cnc12)c1cc2cccc(C)c2c(=O)n1-c1cc(F)cc(F)c1. The van der Waals surface area contributed by atoms with E-state index in [1.54, 1.807) is 0 Å². The lowest BCUT2D eigenvalue weighted by Gasteiger charge is -2.24. The van der Waals surface area contributed by atoms with E-state index in [2.05, 4.69) is 25.3 Å². The quantitative estimate of drug-likeness (QED) is 0.405. The Bertz CT molecular complexity index is 1540. The van der Waals surface area contributed by atoms with Crippen molar-refractivity contribution in [1.82, 2.24) is 24.5 Å². The van der Waals surface area contributed by atoms with Gasteiger partial charge < -0.3 is 10.3 Å². The van der Waals surface area contributed by atoms with E-state index in [9.17, 15) is 13.6 Å². The largest absolute Gasteiger partial charge is 0.360 e. The van der Waals surface area contributed by atoms with E-state index in [0.29, 0.717) is 34.5 Å². The Kier molecular flexibility index (Phi) is 5.08. The second-order valence-corrected chi connectivity index (χ2v) is 7.80. The van der Waals surface area contributed by atoms with E-state index in [4.69, 9.17) is 0 Å². The zero-order valence-corrected chi connectivity index (χ0v) is 17.9. The van der Waals surface area contributed by atoms with Crippen molar-refractivity contribution in [3.05, 3.63) is 88.4 Å². The van der Waals surface area contributed by atoms with Crippen molar-refractivity contribution >= 4 is 27.8 Å². The highest BCUT2D eigenvalue weighted by Crippen LogP contribution is 2.29. The van der Waals surface area contributed by atoms with Crippen LogP contribution in [0.3, 0.4) is 0 Å². The van der Waals surface area contributed by atoms with Crippen LogP contribution >= 0.6 is 0 Å². The fourth-order valence-electron chi connectivity index (χ4n) is 4.17. The van der Waals surface area contributed by atoms with Gasteiger partial charge in [-0.3, -0.25) is 9.36 Å². The highest BCUT2D eigenvalue weighted by Gasteiger charge is 2.21. The van der Waals surface area contributed by atoms with E-state index in [-0.39, 0.29) is 11.2 Å². The molecular weight excluding hydrogens is 426 g/mol. The molecule has 0 aliphatic rings. The zero-order valence-electron chi connectivity index (χ0n) is 17.9. The number of aromatic nitrogens is 5. The molecule has 0 aliphatic heterocycles. The van der Waals surface area contributed by atoms with Crippen molar-refractivity contribution in [3.8, 4) is 5.69 Å². The standard InChI is InChI=1S/C24H20F2N6O/c1-3-18(31-23-21-22(28-11-27-21)29-12-30-23)19-7-14-6-4-5-13(2)20(14)24(33)32(19)17-9-15(25)8-16(26)10-17/h4-12,18H,3H2,1-2H3,(H2,27,28,29,30,31)/t18-/m0/s1. The van der Waals surface area contributed by atoms with Gasteiger partial charge in [-0.15, -0.1) is 0 Å². The maximum atomic E-state index is 14.1. The molecule has 3 aromatic heterocycles. The maximum absolute atomic E-state index is 14.1. The second-order valence-electron chi connectivity index (χ2n) is 7.80. The summed E-state index contributed by atoms with van der Waals surface area (Å²) in [4.78, 5) is 29.4. The zero-order chi connectivity index (χ0) is 23.1. The number of aryl methyl sites for hydroxylation is 1. The predicted molar refractivity (Wildman–Crippen MR) is 123 cm³/mol. The molecule has 166 valence electrons. The third-order valence-electron chi connectivity index (χ3n) is 5.68. The summed E-state index contributed by atoms with van der Waals surface area (Å²) in [6.45, 7) is 3.78. The van der Waals surface area contributed by atoms with Crippen LogP contribution in [0.15, 0.2) is 59.9 Å². The third-order valence-corrected chi connectivity index (χ3v) is 5.68. The van der Waals surface area contributed by atoms with Gasteiger partial charge in [0.25, 0.3) is 5.56 Å². The Hall–Kier alpha value is -4.14. The molecule has 5 rings (SSSR count). The molecule has 0 amide bonds. The van der Waals surface area contributed by atoms with Crippen molar-refractivity contribution < 1.29 is 8.78 Å². The van der Waals surface area contributed by atoms with Crippen LogP contribution in [-0.2, 0) is 0 Å². The average molecular weight is 446 g/mol. The summed E-state index contributed by atoms with van der Waals surface area (Å²) in [6.07, 6.45) is 3.49. The third kappa shape index (κ3) is 3.61. The first-order valence-electron chi connectivity index (χ1n) is 10.5. The van der Waals surface area contributed by atoms with Gasteiger partial charge >= 0.3 is 0 Å². The van der Waals surface area contributed by atoms with Crippen LogP contribution < -0.4 is 10.9 Å². The summed E-state index contributed by atoms with van der Waals surface area (Å²) in [5.74, 6) is -1.03. The monoisotopic (exact) mass is 446 g/mol. The van der Waals surface area contributed by atoms with Crippen molar-refractivity contribution in [2.24, 2.45) is 0 Å². The lowest BCUT2D eigenvalue weighted by molar-refractivity contribution is 0.579. The number of benzene rings is 2. The van der Waals surface area contributed by atoms with Crippen LogP contribution in [0.4, 0.5) is 14.6 Å². The van der Waals surface area contributed by atoms with Crippen molar-refractivity contribution in [2.75, 3.05) is 5.32 Å². The highest BCUT2D eigenvalue weighted by molar-refractivity contribution is 5.86. The predicted octanol–water partition coefficient (Wildman–Crippen LogP) is 4.81. The highest BCUT2D eigenvalue weighted by atomic mass is 19.1. The lowest BCUT2D eigenvalue weighted by atomic mass is 10.0. The van der Waals surface area contributed by atoms with Crippen LogP contribution in [0.2, 0.25) is 0 Å². The molecule has 0 aliphatic carbocycles. The molecule has 0 unspecified atom stereocenters. The average Bonchev–Trinajstić information content (AvgIpc) is 3.26. The van der Waals surface area contributed by atoms with Gasteiger partial charge in [0.2, 0.25) is 0 Å². The smallest absolute Gasteiger partial charge is 0.263 e. The van der Waals surface area contributed by atoms with Crippen LogP contribution in [0.1, 0.15) is 30.6 Å². The fourth-order valence-corrected chi connectivity index (χ4v) is 4.17. The number of halogens is 2. The molecular formula is C24H20F2N6O. The van der Waals surface area contributed by atoms with Crippen LogP contribution in [0.25, 0.3) is 27.6 Å². The van der Waals surface area contributed by atoms with Gasteiger partial charge in [-0.05, 0) is 42.5 Å². The van der Waals surface area contributed by atoms with Crippen molar-refractivity contribution in [3.63, 3.8) is 0 Å². The molecule has 0 bridgehead atoms. The molecule has 3 heterocycles. The molecule has 0 saturated carbocycles. The van der Waals surface area contributed by atoms with Crippen LogP contribution in [0.5, 0.6) is 0 Å². The Labute approximate surface area is 187 Å². The van der Waals surface area contributed by atoms with Gasteiger partial charge in [-0.1, -0.05) is 25.1 Å². The van der Waals surface area contributed by atoms with E-state index >= 15 is 0 Å². The molecule has 1 atom stereocenters. The molecule has 0 radical (unpaired) electrons. The molecule has 0 spiro atoms. The molecule has 0 fully saturated rings. The van der Waals surface area contributed by atoms with Crippen molar-refractivity contribution in [1.29, 1.82) is 0 Å². The first kappa shape index (κ1) is 20.7. The van der Waals surface area contributed by atoms with Gasteiger partial charge in [0.05, 0.1) is 23.4 Å². The minimum atomic E-state index is -0.761. The molecule has 9 heteroatoms. The summed E-state index contributed by atoms with van der Waals surface area (Å²) in [6, 6.07) is 10.1. The minimum Gasteiger partial charge on any atom is -0.360 e. The van der Waals surface area contributed by atoms with Gasteiger partial charge in [-0.25, -0.2) is 23.7 Å². The first-order chi connectivity index (χ1) is 16.0. The van der Waals surface area contributed by atoms with Gasteiger partial charge in [0, 0.05) is 11.8 Å². The number of nitrogens with one attached hydrogen (secondary N) is 2. The van der Waals surface area contributed by atoms with Gasteiger partial charge in [0.1, 0.15) is 23.5 Å². The molecule has 2 N–H and O–H groups in total. The number of hydrogen-bond donors (Lipinski definition) is 2. The topological polar surface area (TPSA) is 88.5 Å². The summed E-state index contributed by atoms with van der Waals surface area (Å²) < 4.78 is 29.6. The normalized spacial score (nSPS) is 12.4. The van der Waals surface area contributed by atoms with E-state index in [1.807, 2.05) is 38.1 Å². The van der Waals surface area contributed by atoms with E-state index in [0.717, 1.165) is 29.1 Å². The Morgan fingerprint density at radius 3 is 2.64 bits per heavy atom. The number of aromatic amines is 1. The lowest BCUT2D eigenvalue weighted by Crippen LogP contribution is -2.27. The molecule has 5 aromatic rings. The first-order valence-corrected chi connectivity index (χ1v) is 10.5. The number of imidazole rings is 1. The van der Waals surface area contributed by atoms with E-state index < -0.39 is 17.7 Å². The number of hydrogen-bond acceptors (Lipinski definition) is 5. The summed E-state index contributed by atoms with van der Waals surface area (Å²) in [5.41, 5.74) is 2.22. The number of pyridine rings is 1. The number of nitrogens with zero attached hydrogens (tertiary/aromatic N) is 4. The number of rotatable bonds is 5. The number of fused-ring (bicyclic) bond motifs is 2. The molecule has 2 aromatic carbocycles. The van der Waals surface area contributed by atoms with Gasteiger partial charge in [-0.2, -0.15) is 0 Å². The minimum absolute atomic E-state index is 0.116. The summed E-state index contributed by atoms with van der Waals surface area (Å²) >= 11 is 0. The molecule has 33 heavy (non-hydrogen) atoms. The molecule has 0 saturated heterocycles. The summed E-state index contributed by atoms with van der Waals surface area (Å²) in [7, 11) is 0. The number of anilines is 1. The fraction of sp³-hybridized carbons (Fsp3) is 0.167. The maximum Gasteiger partial charge on any atom is 0.263 e. The van der Waals surface area contributed by atoms with Gasteiger partial charge in [0.15, 0.2) is 11.5 Å². The van der Waals surface area contributed by atoms with Crippen LogP contribution in [0, 0.1) is 18.6 Å². The Morgan fingerprint density at radius 1 is 1.09 bits per heavy atom. The summed E-state index contributed by atoms with van der Waals surface area (Å²) in [5, 5.41) is 4.58. The number of H-pyrrole nitrogens is 1.